The number of amides is 1. The summed E-state index contributed by atoms with van der Waals surface area (Å²) < 4.78 is 1.88. The molecule has 3 N–H and O–H groups in total. The van der Waals surface area contributed by atoms with Gasteiger partial charge >= 0.3 is 0 Å². The van der Waals surface area contributed by atoms with Crippen molar-refractivity contribution < 1.29 is 9.90 Å². The first-order chi connectivity index (χ1) is 16.4. The molecule has 1 saturated heterocycles. The third-order valence-electron chi connectivity index (χ3n) is 6.00. The highest BCUT2D eigenvalue weighted by Crippen LogP contribution is 2.38. The molecular weight excluding hydrogens is 454 g/mol. The lowest BCUT2D eigenvalue weighted by Gasteiger charge is -2.32. The van der Waals surface area contributed by atoms with E-state index in [-0.39, 0.29) is 23.9 Å². The SMILES string of the molecule is CN1CCN(C(=O)/C(C#N)=C/c2c(-c3ccc(Cl)cc3)c3c(N)ncnc3n2CCCO)CC1. The monoisotopic (exact) mass is 479 g/mol. The Morgan fingerprint density at radius 1 is 1.24 bits per heavy atom. The second-order valence-corrected chi connectivity index (χ2v) is 8.66. The first-order valence-corrected chi connectivity index (χ1v) is 11.4. The second-order valence-electron chi connectivity index (χ2n) is 8.22. The molecule has 34 heavy (non-hydrogen) atoms. The van der Waals surface area contributed by atoms with E-state index in [4.69, 9.17) is 17.3 Å². The third kappa shape index (κ3) is 4.61. The number of fused-ring (bicyclic) bond motifs is 1. The van der Waals surface area contributed by atoms with Gasteiger partial charge in [-0.1, -0.05) is 23.7 Å². The number of likely N-dealkylation sites (N-methyl/N-ethyl adjacent to an activating group) is 1. The predicted octanol–water partition coefficient (Wildman–Crippen LogP) is 2.40. The average molecular weight is 480 g/mol. The Morgan fingerprint density at radius 2 is 1.94 bits per heavy atom. The van der Waals surface area contributed by atoms with E-state index in [1.165, 1.54) is 6.33 Å². The number of aliphatic hydroxyl groups excluding tert-OH is 1. The van der Waals surface area contributed by atoms with E-state index in [1.807, 2.05) is 23.7 Å². The highest BCUT2D eigenvalue weighted by Gasteiger charge is 2.25. The zero-order valence-electron chi connectivity index (χ0n) is 18.9. The van der Waals surface area contributed by atoms with Crippen LogP contribution in [0.25, 0.3) is 28.2 Å². The van der Waals surface area contributed by atoms with Gasteiger partial charge in [-0.05, 0) is 37.2 Å². The molecule has 0 bridgehead atoms. The van der Waals surface area contributed by atoms with E-state index < -0.39 is 0 Å². The van der Waals surface area contributed by atoms with E-state index in [1.54, 1.807) is 23.1 Å². The Hall–Kier alpha value is -3.45. The summed E-state index contributed by atoms with van der Waals surface area (Å²) in [5.74, 6) is -0.0214. The van der Waals surface area contributed by atoms with Crippen molar-refractivity contribution >= 4 is 40.4 Å². The maximum Gasteiger partial charge on any atom is 0.264 e. The largest absolute Gasteiger partial charge is 0.396 e. The molecule has 3 aromatic rings. The maximum atomic E-state index is 13.2. The fourth-order valence-electron chi connectivity index (χ4n) is 4.18. The fraction of sp³-hybridized carbons (Fsp3) is 0.333. The number of hydrogen-bond donors (Lipinski definition) is 2. The molecule has 1 amide bonds. The van der Waals surface area contributed by atoms with E-state index in [0.29, 0.717) is 53.4 Å². The van der Waals surface area contributed by atoms with Gasteiger partial charge in [-0.3, -0.25) is 4.79 Å². The Bertz CT molecular complexity index is 1270. The molecule has 1 aliphatic rings. The predicted molar refractivity (Wildman–Crippen MR) is 132 cm³/mol. The molecule has 10 heteroatoms. The molecule has 3 heterocycles. The first kappa shape index (κ1) is 23.7. The number of rotatable bonds is 6. The topological polar surface area (TPSA) is 124 Å². The van der Waals surface area contributed by atoms with Crippen LogP contribution in [0.3, 0.4) is 0 Å². The number of anilines is 1. The van der Waals surface area contributed by atoms with Gasteiger partial charge in [-0.15, -0.1) is 0 Å². The van der Waals surface area contributed by atoms with Gasteiger partial charge in [0.05, 0.1) is 11.1 Å². The summed E-state index contributed by atoms with van der Waals surface area (Å²) in [6.45, 7) is 3.02. The summed E-state index contributed by atoms with van der Waals surface area (Å²) in [6.07, 6.45) is 3.44. The molecule has 0 radical (unpaired) electrons. The Labute approximate surface area is 202 Å². The molecule has 176 valence electrons. The Morgan fingerprint density at radius 3 is 2.59 bits per heavy atom. The number of aromatic nitrogens is 3. The molecule has 1 aromatic carbocycles. The van der Waals surface area contributed by atoms with Gasteiger partial charge in [0.1, 0.15) is 29.4 Å². The molecule has 0 saturated carbocycles. The van der Waals surface area contributed by atoms with Crippen LogP contribution in [0.15, 0.2) is 36.2 Å². The van der Waals surface area contributed by atoms with Crippen molar-refractivity contribution in [3.63, 3.8) is 0 Å². The van der Waals surface area contributed by atoms with Crippen LogP contribution in [-0.4, -0.2) is 75.2 Å². The van der Waals surface area contributed by atoms with E-state index in [0.717, 1.165) is 18.7 Å². The van der Waals surface area contributed by atoms with Crippen molar-refractivity contribution in [2.75, 3.05) is 45.6 Å². The first-order valence-electron chi connectivity index (χ1n) is 11.0. The number of nitrogen functional groups attached to an aromatic ring is 1. The molecule has 1 aliphatic heterocycles. The summed E-state index contributed by atoms with van der Waals surface area (Å²) in [7, 11) is 2.01. The molecule has 0 unspecified atom stereocenters. The van der Waals surface area contributed by atoms with Gasteiger partial charge in [0.15, 0.2) is 0 Å². The number of carbonyl (C=O) groups excluding carboxylic acids is 1. The molecule has 0 aliphatic carbocycles. The van der Waals surface area contributed by atoms with Crippen LogP contribution in [0, 0.1) is 11.3 Å². The number of nitrogens with two attached hydrogens (primary N) is 1. The van der Waals surface area contributed by atoms with Gasteiger partial charge in [0.25, 0.3) is 5.91 Å². The summed E-state index contributed by atoms with van der Waals surface area (Å²) in [5.41, 5.74) is 9.00. The van der Waals surface area contributed by atoms with Crippen LogP contribution < -0.4 is 5.73 Å². The van der Waals surface area contributed by atoms with Gasteiger partial charge in [-0.25, -0.2) is 9.97 Å². The quantitative estimate of drug-likeness (QED) is 0.411. The molecule has 4 rings (SSSR count). The van der Waals surface area contributed by atoms with Crippen molar-refractivity contribution in [2.45, 2.75) is 13.0 Å². The zero-order valence-corrected chi connectivity index (χ0v) is 19.7. The second kappa shape index (κ2) is 10.2. The number of hydrogen-bond acceptors (Lipinski definition) is 7. The number of nitrogens with zero attached hydrogens (tertiary/aromatic N) is 6. The number of carbonyl (C=O) groups is 1. The zero-order chi connectivity index (χ0) is 24.2. The van der Waals surface area contributed by atoms with E-state index in [2.05, 4.69) is 20.9 Å². The number of halogens is 1. The number of piperazine rings is 1. The average Bonchev–Trinajstić information content (AvgIpc) is 3.15. The Kier molecular flexibility index (Phi) is 7.12. The van der Waals surface area contributed by atoms with E-state index in [9.17, 15) is 15.2 Å². The Balaban J connectivity index is 1.93. The number of benzene rings is 1. The molecule has 0 atom stereocenters. The maximum absolute atomic E-state index is 13.2. The van der Waals surface area contributed by atoms with Crippen LogP contribution in [0.1, 0.15) is 12.1 Å². The standard InChI is InChI=1S/C24H26ClN7O2/c1-30-8-10-31(11-9-30)24(34)17(14-26)13-19-20(16-3-5-18(25)6-4-16)21-22(27)28-15-29-23(21)32(19)7-2-12-33/h3-6,13,15,33H,2,7-12H2,1H3,(H2,27,28,29)/b17-13+. The summed E-state index contributed by atoms with van der Waals surface area (Å²) >= 11 is 6.12. The van der Waals surface area contributed by atoms with Crippen molar-refractivity contribution in [1.82, 2.24) is 24.3 Å². The lowest BCUT2D eigenvalue weighted by molar-refractivity contribution is -0.128. The summed E-state index contributed by atoms with van der Waals surface area (Å²) in [5, 5.41) is 20.6. The smallest absolute Gasteiger partial charge is 0.264 e. The fourth-order valence-corrected chi connectivity index (χ4v) is 4.31. The summed E-state index contributed by atoms with van der Waals surface area (Å²) in [6, 6.07) is 9.33. The van der Waals surface area contributed by atoms with Crippen LogP contribution in [0.2, 0.25) is 5.02 Å². The minimum absolute atomic E-state index is 0.0228. The summed E-state index contributed by atoms with van der Waals surface area (Å²) in [4.78, 5) is 25.7. The van der Waals surface area contributed by atoms with Crippen LogP contribution in [0.4, 0.5) is 5.82 Å². The highest BCUT2D eigenvalue weighted by atomic mass is 35.5. The molecule has 2 aromatic heterocycles. The van der Waals surface area contributed by atoms with E-state index >= 15 is 0 Å². The normalized spacial score (nSPS) is 15.0. The number of aryl methyl sites for hydroxylation is 1. The van der Waals surface area contributed by atoms with Crippen LogP contribution >= 0.6 is 11.6 Å². The van der Waals surface area contributed by atoms with Gasteiger partial charge < -0.3 is 25.2 Å². The molecule has 0 spiro atoms. The van der Waals surface area contributed by atoms with Crippen molar-refractivity contribution in [1.29, 1.82) is 5.26 Å². The van der Waals surface area contributed by atoms with Crippen LogP contribution in [-0.2, 0) is 11.3 Å². The van der Waals surface area contributed by atoms with Gasteiger partial charge in [0.2, 0.25) is 0 Å². The highest BCUT2D eigenvalue weighted by molar-refractivity contribution is 6.30. The van der Waals surface area contributed by atoms with Gasteiger partial charge in [-0.2, -0.15) is 5.26 Å². The molecular formula is C24H26ClN7O2. The lowest BCUT2D eigenvalue weighted by atomic mass is 10.0. The molecule has 1 fully saturated rings. The van der Waals surface area contributed by atoms with Crippen molar-refractivity contribution in [2.24, 2.45) is 0 Å². The minimum Gasteiger partial charge on any atom is -0.396 e. The third-order valence-corrected chi connectivity index (χ3v) is 6.26. The molecule has 9 nitrogen and oxygen atoms in total. The number of nitriles is 1. The lowest BCUT2D eigenvalue weighted by Crippen LogP contribution is -2.47. The van der Waals surface area contributed by atoms with Crippen molar-refractivity contribution in [3.8, 4) is 17.2 Å². The van der Waals surface area contributed by atoms with Crippen LogP contribution in [0.5, 0.6) is 0 Å². The number of aliphatic hydroxyl groups is 1. The van der Waals surface area contributed by atoms with Crippen molar-refractivity contribution in [3.05, 3.63) is 46.9 Å². The minimum atomic E-state index is -0.310. The van der Waals surface area contributed by atoms with Gasteiger partial charge in [0, 0.05) is 49.9 Å².